The molecule has 1 aliphatic heterocycles. The van der Waals surface area contributed by atoms with E-state index in [4.69, 9.17) is 4.99 Å². The van der Waals surface area contributed by atoms with Gasteiger partial charge >= 0.3 is 0 Å². The highest BCUT2D eigenvalue weighted by Crippen LogP contribution is 2.22. The summed E-state index contributed by atoms with van der Waals surface area (Å²) in [5, 5.41) is 3.40. The van der Waals surface area contributed by atoms with Crippen LogP contribution in [-0.2, 0) is 23.0 Å². The summed E-state index contributed by atoms with van der Waals surface area (Å²) in [5.41, 5.74) is 2.40. The van der Waals surface area contributed by atoms with Gasteiger partial charge in [-0.15, -0.1) is 0 Å². The predicted octanol–water partition coefficient (Wildman–Crippen LogP) is 3.01. The van der Waals surface area contributed by atoms with Gasteiger partial charge in [-0.3, -0.25) is 0 Å². The Kier molecular flexibility index (Phi) is 7.87. The minimum Gasteiger partial charge on any atom is -0.357 e. The van der Waals surface area contributed by atoms with Crippen LogP contribution in [0.2, 0.25) is 0 Å². The Bertz CT molecular complexity index is 919. The molecule has 0 bridgehead atoms. The van der Waals surface area contributed by atoms with E-state index in [0.717, 1.165) is 50.4 Å². The van der Waals surface area contributed by atoms with Crippen LogP contribution in [0.1, 0.15) is 30.9 Å². The van der Waals surface area contributed by atoms with Crippen molar-refractivity contribution in [2.24, 2.45) is 10.9 Å². The number of nitrogens with zero attached hydrogens (tertiary/aromatic N) is 2. The van der Waals surface area contributed by atoms with E-state index in [-0.39, 0.29) is 4.90 Å². The van der Waals surface area contributed by atoms with E-state index in [1.807, 2.05) is 12.1 Å². The fraction of sp³-hybridized carbons (Fsp3) is 0.435. The van der Waals surface area contributed by atoms with E-state index in [1.165, 1.54) is 12.6 Å². The zero-order valence-corrected chi connectivity index (χ0v) is 18.7. The number of hydrogen-bond donors (Lipinski definition) is 2. The summed E-state index contributed by atoms with van der Waals surface area (Å²) in [6.45, 7) is 5.43. The van der Waals surface area contributed by atoms with Crippen LogP contribution in [0, 0.1) is 5.92 Å². The third-order valence-electron chi connectivity index (χ3n) is 5.53. The highest BCUT2D eigenvalue weighted by atomic mass is 32.2. The fourth-order valence-corrected chi connectivity index (χ4v) is 4.51. The Morgan fingerprint density at radius 1 is 1.03 bits per heavy atom. The van der Waals surface area contributed by atoms with Crippen LogP contribution in [0.5, 0.6) is 0 Å². The number of sulfonamides is 1. The van der Waals surface area contributed by atoms with E-state index in [1.54, 1.807) is 12.1 Å². The van der Waals surface area contributed by atoms with Gasteiger partial charge in [0.25, 0.3) is 0 Å². The first-order valence-corrected chi connectivity index (χ1v) is 12.1. The summed E-state index contributed by atoms with van der Waals surface area (Å²) in [6, 6.07) is 17.6. The molecular weight excluding hydrogens is 396 g/mol. The Morgan fingerprint density at radius 3 is 2.30 bits per heavy atom. The SMILES string of the molecule is CCNC(=NCc1ccc(S(=O)(=O)NC)cc1)N1CCC(Cc2ccccc2)CC1. The van der Waals surface area contributed by atoms with Crippen molar-refractivity contribution < 1.29 is 8.42 Å². The molecule has 0 unspecified atom stereocenters. The second kappa shape index (κ2) is 10.6. The standard InChI is InChI=1S/C23H32N4O2S/c1-3-25-23(26-18-21-9-11-22(12-10-21)30(28,29)24-2)27-15-13-20(14-16-27)17-19-7-5-4-6-8-19/h4-12,20,24H,3,13-18H2,1-2H3,(H,25,26). The minimum absolute atomic E-state index is 0.269. The maximum Gasteiger partial charge on any atom is 0.240 e. The third-order valence-corrected chi connectivity index (χ3v) is 6.96. The van der Waals surface area contributed by atoms with Gasteiger partial charge in [-0.1, -0.05) is 42.5 Å². The predicted molar refractivity (Wildman–Crippen MR) is 122 cm³/mol. The highest BCUT2D eigenvalue weighted by molar-refractivity contribution is 7.89. The first kappa shape index (κ1) is 22.3. The third kappa shape index (κ3) is 6.06. The summed E-state index contributed by atoms with van der Waals surface area (Å²) in [5.74, 6) is 1.65. The summed E-state index contributed by atoms with van der Waals surface area (Å²) >= 11 is 0. The molecule has 0 atom stereocenters. The number of rotatable bonds is 7. The Balaban J connectivity index is 1.58. The van der Waals surface area contributed by atoms with Gasteiger partial charge < -0.3 is 10.2 Å². The van der Waals surface area contributed by atoms with E-state index in [2.05, 4.69) is 52.2 Å². The van der Waals surface area contributed by atoms with Crippen molar-refractivity contribution in [2.45, 2.75) is 37.6 Å². The van der Waals surface area contributed by atoms with Gasteiger partial charge in [-0.25, -0.2) is 18.1 Å². The monoisotopic (exact) mass is 428 g/mol. The Labute approximate surface area is 180 Å². The molecule has 3 rings (SSSR count). The van der Waals surface area contributed by atoms with Crippen LogP contribution in [0.15, 0.2) is 64.5 Å². The normalized spacial score (nSPS) is 15.9. The van der Waals surface area contributed by atoms with E-state index in [9.17, 15) is 8.42 Å². The number of piperidine rings is 1. The molecule has 2 N–H and O–H groups in total. The lowest BCUT2D eigenvalue weighted by atomic mass is 9.90. The van der Waals surface area contributed by atoms with Gasteiger partial charge in [-0.05, 0) is 62.4 Å². The molecule has 0 spiro atoms. The van der Waals surface area contributed by atoms with Crippen molar-refractivity contribution in [2.75, 3.05) is 26.7 Å². The van der Waals surface area contributed by atoms with Gasteiger partial charge in [0.2, 0.25) is 10.0 Å². The van der Waals surface area contributed by atoms with Crippen LogP contribution in [-0.4, -0.2) is 46.0 Å². The number of hydrogen-bond acceptors (Lipinski definition) is 3. The summed E-state index contributed by atoms with van der Waals surface area (Å²) in [7, 11) is -1.99. The van der Waals surface area contributed by atoms with Crippen molar-refractivity contribution >= 4 is 16.0 Å². The van der Waals surface area contributed by atoms with Crippen LogP contribution in [0.3, 0.4) is 0 Å². The molecule has 7 heteroatoms. The number of nitrogens with one attached hydrogen (secondary N) is 2. The van der Waals surface area contributed by atoms with Crippen molar-refractivity contribution in [3.05, 3.63) is 65.7 Å². The van der Waals surface area contributed by atoms with Gasteiger partial charge in [0.15, 0.2) is 5.96 Å². The fourth-order valence-electron chi connectivity index (χ4n) is 3.78. The van der Waals surface area contributed by atoms with Gasteiger partial charge in [0.05, 0.1) is 11.4 Å². The highest BCUT2D eigenvalue weighted by Gasteiger charge is 2.21. The zero-order chi connectivity index (χ0) is 21.4. The number of guanidine groups is 1. The van der Waals surface area contributed by atoms with E-state index >= 15 is 0 Å². The quantitative estimate of drug-likeness (QED) is 0.525. The largest absolute Gasteiger partial charge is 0.357 e. The molecule has 1 fully saturated rings. The molecule has 30 heavy (non-hydrogen) atoms. The van der Waals surface area contributed by atoms with Crippen LogP contribution in [0.25, 0.3) is 0 Å². The second-order valence-electron chi connectivity index (χ2n) is 7.64. The summed E-state index contributed by atoms with van der Waals surface area (Å²) in [6.07, 6.45) is 3.47. The molecule has 2 aromatic carbocycles. The molecule has 2 aromatic rings. The maximum absolute atomic E-state index is 11.9. The van der Waals surface area contributed by atoms with E-state index in [0.29, 0.717) is 12.5 Å². The summed E-state index contributed by atoms with van der Waals surface area (Å²) < 4.78 is 26.0. The molecule has 0 radical (unpaired) electrons. The molecule has 162 valence electrons. The molecule has 6 nitrogen and oxygen atoms in total. The molecular formula is C23H32N4O2S. The van der Waals surface area contributed by atoms with Crippen LogP contribution >= 0.6 is 0 Å². The number of benzene rings is 2. The van der Waals surface area contributed by atoms with Crippen LogP contribution in [0.4, 0.5) is 0 Å². The maximum atomic E-state index is 11.9. The minimum atomic E-state index is -3.41. The number of likely N-dealkylation sites (tertiary alicyclic amines) is 1. The zero-order valence-electron chi connectivity index (χ0n) is 17.8. The Morgan fingerprint density at radius 2 is 1.70 bits per heavy atom. The second-order valence-corrected chi connectivity index (χ2v) is 9.53. The van der Waals surface area contributed by atoms with Crippen LogP contribution < -0.4 is 10.0 Å². The number of aliphatic imine (C=N–C) groups is 1. The summed E-state index contributed by atoms with van der Waals surface area (Å²) in [4.78, 5) is 7.40. The first-order chi connectivity index (χ1) is 14.5. The topological polar surface area (TPSA) is 73.8 Å². The molecule has 0 aromatic heterocycles. The molecule has 0 saturated carbocycles. The van der Waals surface area contributed by atoms with Gasteiger partial charge in [0, 0.05) is 19.6 Å². The lowest BCUT2D eigenvalue weighted by Gasteiger charge is -2.34. The van der Waals surface area contributed by atoms with E-state index < -0.39 is 10.0 Å². The first-order valence-electron chi connectivity index (χ1n) is 10.6. The van der Waals surface area contributed by atoms with Crippen molar-refractivity contribution in [3.63, 3.8) is 0 Å². The molecule has 1 heterocycles. The van der Waals surface area contributed by atoms with Crippen molar-refractivity contribution in [1.29, 1.82) is 0 Å². The molecule has 0 aliphatic carbocycles. The lowest BCUT2D eigenvalue weighted by molar-refractivity contribution is 0.259. The average Bonchev–Trinajstić information content (AvgIpc) is 2.78. The lowest BCUT2D eigenvalue weighted by Crippen LogP contribution is -2.45. The average molecular weight is 429 g/mol. The molecule has 0 amide bonds. The molecule has 1 saturated heterocycles. The molecule has 1 aliphatic rings. The van der Waals surface area contributed by atoms with Gasteiger partial charge in [0.1, 0.15) is 0 Å². The van der Waals surface area contributed by atoms with Crippen molar-refractivity contribution in [3.8, 4) is 0 Å². The van der Waals surface area contributed by atoms with Crippen molar-refractivity contribution in [1.82, 2.24) is 14.9 Å². The Hall–Kier alpha value is -2.38. The van der Waals surface area contributed by atoms with Gasteiger partial charge in [-0.2, -0.15) is 0 Å². The smallest absolute Gasteiger partial charge is 0.240 e.